The molecule has 0 aliphatic heterocycles. The normalized spacial score (nSPS) is 14.7. The number of benzene rings is 1. The molecule has 2 aliphatic rings. The van der Waals surface area contributed by atoms with Gasteiger partial charge in [-0.15, -0.1) is 0 Å². The Hall–Kier alpha value is -2.95. The van der Waals surface area contributed by atoms with Gasteiger partial charge >= 0.3 is 0 Å². The first-order valence-electron chi connectivity index (χ1n) is 10.5. The number of aryl methyl sites for hydroxylation is 3. The fourth-order valence-corrected chi connectivity index (χ4v) is 4.01. The highest BCUT2D eigenvalue weighted by molar-refractivity contribution is 5.90. The van der Waals surface area contributed by atoms with Gasteiger partial charge in [-0.25, -0.2) is 9.97 Å². The number of fused-ring (bicyclic) bond motifs is 3. The smallest absolute Gasteiger partial charge is 0.225 e. The number of hydrogen-bond acceptors (Lipinski definition) is 4. The molecule has 29 heavy (non-hydrogen) atoms. The Morgan fingerprint density at radius 1 is 1.21 bits per heavy atom. The van der Waals surface area contributed by atoms with Gasteiger partial charge in [0.2, 0.25) is 5.91 Å². The molecule has 0 atom stereocenters. The molecule has 2 aliphatic carbocycles. The zero-order valence-electron chi connectivity index (χ0n) is 16.9. The Balaban J connectivity index is 1.47. The number of nitrogens with one attached hydrogen (secondary N) is 1. The van der Waals surface area contributed by atoms with Gasteiger partial charge in [0, 0.05) is 12.0 Å². The van der Waals surface area contributed by atoms with Crippen LogP contribution in [0.1, 0.15) is 56.0 Å². The van der Waals surface area contributed by atoms with Crippen molar-refractivity contribution in [3.63, 3.8) is 0 Å². The van der Waals surface area contributed by atoms with Crippen molar-refractivity contribution >= 4 is 11.7 Å². The first-order valence-corrected chi connectivity index (χ1v) is 10.5. The number of amides is 1. The summed E-state index contributed by atoms with van der Waals surface area (Å²) in [7, 11) is 0. The zero-order valence-corrected chi connectivity index (χ0v) is 16.9. The van der Waals surface area contributed by atoms with E-state index in [4.69, 9.17) is 9.97 Å². The minimum absolute atomic E-state index is 0.00419. The Labute approximate surface area is 171 Å². The minimum atomic E-state index is -0.00419. The lowest BCUT2D eigenvalue weighted by Gasteiger charge is -2.20. The van der Waals surface area contributed by atoms with E-state index in [9.17, 15) is 9.90 Å². The van der Waals surface area contributed by atoms with Crippen LogP contribution in [0.25, 0.3) is 11.3 Å². The number of rotatable bonds is 6. The molecule has 2 aromatic rings. The molecule has 0 spiro atoms. The van der Waals surface area contributed by atoms with Crippen LogP contribution in [0.2, 0.25) is 0 Å². The fraction of sp³-hybridized carbons (Fsp3) is 0.375. The summed E-state index contributed by atoms with van der Waals surface area (Å²) < 4.78 is 0. The summed E-state index contributed by atoms with van der Waals surface area (Å²) in [5.74, 6) is 0.866. The lowest BCUT2D eigenvalue weighted by molar-refractivity contribution is -0.116. The average molecular weight is 389 g/mol. The van der Waals surface area contributed by atoms with E-state index in [0.29, 0.717) is 18.7 Å². The molecule has 150 valence electrons. The van der Waals surface area contributed by atoms with Crippen LogP contribution in [0, 0.1) is 0 Å². The maximum absolute atomic E-state index is 12.5. The summed E-state index contributed by atoms with van der Waals surface area (Å²) in [4.78, 5) is 22.1. The molecule has 0 saturated carbocycles. The van der Waals surface area contributed by atoms with Crippen LogP contribution in [0.15, 0.2) is 42.0 Å². The molecular formula is C24H27N3O2. The maximum atomic E-state index is 12.5. The van der Waals surface area contributed by atoms with Crippen molar-refractivity contribution in [1.82, 2.24) is 9.97 Å². The monoisotopic (exact) mass is 389 g/mol. The van der Waals surface area contributed by atoms with Crippen molar-refractivity contribution in [2.75, 3.05) is 5.32 Å². The molecule has 0 unspecified atom stereocenters. The summed E-state index contributed by atoms with van der Waals surface area (Å²) in [5, 5.41) is 12.7. The minimum Gasteiger partial charge on any atom is -0.508 e. The molecule has 1 aromatic carbocycles. The Kier molecular flexibility index (Phi) is 5.74. The quantitative estimate of drug-likeness (QED) is 0.737. The van der Waals surface area contributed by atoms with Crippen LogP contribution in [-0.4, -0.2) is 21.0 Å². The Morgan fingerprint density at radius 3 is 2.90 bits per heavy atom. The highest BCUT2D eigenvalue weighted by Crippen LogP contribution is 2.34. The molecular weight excluding hydrogens is 362 g/mol. The van der Waals surface area contributed by atoms with Crippen molar-refractivity contribution in [3.8, 4) is 17.0 Å². The predicted octanol–water partition coefficient (Wildman–Crippen LogP) is 4.90. The Morgan fingerprint density at radius 2 is 2.10 bits per heavy atom. The number of hydrogen-bond donors (Lipinski definition) is 2. The molecule has 4 rings (SSSR count). The zero-order chi connectivity index (χ0) is 20.2. The number of allylic oxidation sites excluding steroid dienone is 4. The molecule has 0 fully saturated rings. The molecule has 1 aromatic heterocycles. The third kappa shape index (κ3) is 4.39. The van der Waals surface area contributed by atoms with Gasteiger partial charge in [0.25, 0.3) is 0 Å². The van der Waals surface area contributed by atoms with Crippen LogP contribution < -0.4 is 5.32 Å². The molecule has 5 nitrogen and oxygen atoms in total. The molecule has 0 saturated heterocycles. The molecule has 1 heterocycles. The van der Waals surface area contributed by atoms with E-state index in [1.54, 1.807) is 12.1 Å². The second-order valence-electron chi connectivity index (χ2n) is 7.67. The van der Waals surface area contributed by atoms with Gasteiger partial charge in [0.15, 0.2) is 5.82 Å². The number of phenolic OH excluding ortho intramolecular Hbond substituents is 1. The van der Waals surface area contributed by atoms with E-state index >= 15 is 0 Å². The third-order valence-electron chi connectivity index (χ3n) is 5.55. The first kappa shape index (κ1) is 19.4. The van der Waals surface area contributed by atoms with E-state index in [2.05, 4.69) is 23.5 Å². The molecule has 2 N–H and O–H groups in total. The van der Waals surface area contributed by atoms with Gasteiger partial charge in [-0.1, -0.05) is 30.7 Å². The van der Waals surface area contributed by atoms with Crippen molar-refractivity contribution in [2.24, 2.45) is 0 Å². The van der Waals surface area contributed by atoms with Gasteiger partial charge in [0.05, 0.1) is 17.1 Å². The van der Waals surface area contributed by atoms with Crippen molar-refractivity contribution in [1.29, 1.82) is 0 Å². The summed E-state index contributed by atoms with van der Waals surface area (Å²) in [6.07, 6.45) is 13.4. The van der Waals surface area contributed by atoms with Crippen LogP contribution in [0.3, 0.4) is 0 Å². The molecule has 1 amide bonds. The van der Waals surface area contributed by atoms with Crippen molar-refractivity contribution < 1.29 is 9.90 Å². The summed E-state index contributed by atoms with van der Waals surface area (Å²) in [5.41, 5.74) is 6.03. The van der Waals surface area contributed by atoms with E-state index in [0.717, 1.165) is 66.7 Å². The van der Waals surface area contributed by atoms with Gasteiger partial charge in [-0.2, -0.15) is 0 Å². The number of phenols is 1. The standard InChI is InChI=1S/C24H27N3O2/c1-2-20-24(27-22(29)10-6-9-16-7-4-3-5-8-16)26-21-14-11-17-15-18(28)12-13-19(17)23(21)25-20/h4,7-8,12-13,15,28H,2-3,5-6,9-11,14H2,1H3,(H,26,27,29). The van der Waals surface area contributed by atoms with Crippen molar-refractivity contribution in [2.45, 2.75) is 58.3 Å². The Bertz CT molecular complexity index is 992. The predicted molar refractivity (Wildman–Crippen MR) is 115 cm³/mol. The number of carbonyl (C=O) groups is 1. The second kappa shape index (κ2) is 8.60. The van der Waals surface area contributed by atoms with E-state index in [1.165, 1.54) is 5.57 Å². The average Bonchev–Trinajstić information content (AvgIpc) is 2.73. The van der Waals surface area contributed by atoms with Gasteiger partial charge < -0.3 is 10.4 Å². The fourth-order valence-electron chi connectivity index (χ4n) is 4.01. The number of aromatic hydroxyl groups is 1. The van der Waals surface area contributed by atoms with E-state index < -0.39 is 0 Å². The maximum Gasteiger partial charge on any atom is 0.225 e. The van der Waals surface area contributed by atoms with E-state index in [1.807, 2.05) is 13.0 Å². The number of carbonyl (C=O) groups excluding carboxylic acids is 1. The largest absolute Gasteiger partial charge is 0.508 e. The highest BCUT2D eigenvalue weighted by Gasteiger charge is 2.22. The number of anilines is 1. The first-order chi connectivity index (χ1) is 14.1. The SMILES string of the molecule is CCc1nc2c(nc1NC(=O)CCCC1=CCCC=C1)CCc1cc(O)ccc1-2. The summed E-state index contributed by atoms with van der Waals surface area (Å²) in [6.45, 7) is 2.02. The summed E-state index contributed by atoms with van der Waals surface area (Å²) in [6, 6.07) is 5.40. The van der Waals surface area contributed by atoms with Crippen LogP contribution in [0.5, 0.6) is 5.75 Å². The van der Waals surface area contributed by atoms with Gasteiger partial charge in [-0.3, -0.25) is 4.79 Å². The third-order valence-corrected chi connectivity index (χ3v) is 5.55. The molecule has 0 bridgehead atoms. The van der Waals surface area contributed by atoms with Crippen LogP contribution in [0.4, 0.5) is 5.82 Å². The van der Waals surface area contributed by atoms with Gasteiger partial charge in [-0.05, 0) is 68.7 Å². The molecule has 5 heteroatoms. The topological polar surface area (TPSA) is 75.1 Å². The lowest BCUT2D eigenvalue weighted by Crippen LogP contribution is -2.18. The molecule has 0 radical (unpaired) electrons. The second-order valence-corrected chi connectivity index (χ2v) is 7.67. The lowest BCUT2D eigenvalue weighted by atomic mass is 9.91. The number of aromatic nitrogens is 2. The van der Waals surface area contributed by atoms with Crippen LogP contribution in [-0.2, 0) is 24.1 Å². The van der Waals surface area contributed by atoms with Crippen molar-refractivity contribution in [3.05, 3.63) is 59.0 Å². The van der Waals surface area contributed by atoms with Crippen LogP contribution >= 0.6 is 0 Å². The van der Waals surface area contributed by atoms with Gasteiger partial charge in [0.1, 0.15) is 5.75 Å². The summed E-state index contributed by atoms with van der Waals surface area (Å²) >= 11 is 0. The van der Waals surface area contributed by atoms with E-state index in [-0.39, 0.29) is 11.7 Å². The number of nitrogens with zero attached hydrogens (tertiary/aromatic N) is 2. The highest BCUT2D eigenvalue weighted by atomic mass is 16.3.